The largest absolute Gasteiger partial charge is 0.494 e. The summed E-state index contributed by atoms with van der Waals surface area (Å²) >= 11 is 0. The molecule has 5 rings (SSSR count). The van der Waals surface area contributed by atoms with Gasteiger partial charge in [0.15, 0.2) is 11.6 Å². The Morgan fingerprint density at radius 1 is 1.24 bits per heavy atom. The monoisotopic (exact) mass is 447 g/mol. The summed E-state index contributed by atoms with van der Waals surface area (Å²) in [6.45, 7) is 0.0570. The number of methoxy groups -OCH3 is 2. The van der Waals surface area contributed by atoms with E-state index in [0.717, 1.165) is 51.6 Å². The van der Waals surface area contributed by atoms with Gasteiger partial charge in [0.05, 0.1) is 18.3 Å². The van der Waals surface area contributed by atoms with Crippen molar-refractivity contribution < 1.29 is 18.7 Å². The van der Waals surface area contributed by atoms with E-state index in [1.54, 1.807) is 6.07 Å². The number of benzene rings is 2. The van der Waals surface area contributed by atoms with E-state index in [1.165, 1.54) is 25.8 Å². The molecule has 6 nitrogen and oxygen atoms in total. The Hall–Kier alpha value is -3.45. The summed E-state index contributed by atoms with van der Waals surface area (Å²) < 4.78 is 24.3. The van der Waals surface area contributed by atoms with Crippen LogP contribution in [0, 0.1) is 5.82 Å². The number of rotatable bonds is 6. The molecule has 1 aliphatic rings. The molecule has 2 heterocycles. The third-order valence-electron chi connectivity index (χ3n) is 6.32. The molecular formula is C26H26FN3O3. The molecule has 0 fully saturated rings. The fourth-order valence-corrected chi connectivity index (χ4v) is 4.85. The Bertz CT molecular complexity index is 1350. The summed E-state index contributed by atoms with van der Waals surface area (Å²) in [5.41, 5.74) is 5.95. The van der Waals surface area contributed by atoms with Gasteiger partial charge in [-0.15, -0.1) is 0 Å². The molecule has 7 heteroatoms. The molecule has 33 heavy (non-hydrogen) atoms. The van der Waals surface area contributed by atoms with Gasteiger partial charge in [0.2, 0.25) is 5.91 Å². The maximum atomic E-state index is 14.3. The number of hydrogen-bond acceptors (Lipinski definition) is 4. The second-order valence-electron chi connectivity index (χ2n) is 8.49. The van der Waals surface area contributed by atoms with Crippen LogP contribution in [0.5, 0.6) is 5.75 Å². The van der Waals surface area contributed by atoms with Crippen molar-refractivity contribution in [2.75, 3.05) is 20.8 Å². The van der Waals surface area contributed by atoms with Crippen molar-refractivity contribution >= 4 is 27.7 Å². The lowest BCUT2D eigenvalue weighted by molar-refractivity contribution is -0.125. The molecule has 0 aliphatic heterocycles. The summed E-state index contributed by atoms with van der Waals surface area (Å²) in [6, 6.07) is 13.3. The van der Waals surface area contributed by atoms with Crippen molar-refractivity contribution in [3.63, 3.8) is 0 Å². The average molecular weight is 448 g/mol. The molecule has 0 spiro atoms. The fraction of sp³-hybridized carbons (Fsp3) is 0.308. The van der Waals surface area contributed by atoms with Crippen molar-refractivity contribution in [1.29, 1.82) is 0 Å². The van der Waals surface area contributed by atoms with E-state index in [9.17, 15) is 9.18 Å². The van der Waals surface area contributed by atoms with Crippen LogP contribution in [0.1, 0.15) is 28.9 Å². The number of aromatic nitrogens is 2. The second kappa shape index (κ2) is 8.83. The van der Waals surface area contributed by atoms with E-state index < -0.39 is 0 Å². The first-order valence-electron chi connectivity index (χ1n) is 11.1. The zero-order chi connectivity index (χ0) is 22.9. The Labute approximate surface area is 191 Å². The van der Waals surface area contributed by atoms with Gasteiger partial charge in [-0.1, -0.05) is 24.3 Å². The van der Waals surface area contributed by atoms with Crippen LogP contribution in [0.3, 0.4) is 0 Å². The molecule has 0 saturated heterocycles. The molecule has 170 valence electrons. The lowest BCUT2D eigenvalue weighted by Crippen LogP contribution is -2.40. The van der Waals surface area contributed by atoms with Crippen LogP contribution in [0.25, 0.3) is 21.8 Å². The second-order valence-corrected chi connectivity index (χ2v) is 8.49. The standard InChI is InChI=1S/C26H26FN3O3/c1-32-14-24(31)28-16-8-9-21-18(13-16)25-17-5-3-4-6-20(17)30-26(25)22(29-21)12-15-7-10-23(33-2)19(27)11-15/h3-7,10-11,16,30H,8-9,12-14H2,1-2H3,(H,28,31). The summed E-state index contributed by atoms with van der Waals surface area (Å²) in [5, 5.41) is 5.36. The van der Waals surface area contributed by atoms with Gasteiger partial charge in [0.1, 0.15) is 6.61 Å². The number of para-hydroxylation sites is 1. The van der Waals surface area contributed by atoms with Crippen LogP contribution in [0.4, 0.5) is 4.39 Å². The maximum Gasteiger partial charge on any atom is 0.246 e. The molecule has 0 bridgehead atoms. The van der Waals surface area contributed by atoms with Crippen molar-refractivity contribution in [2.45, 2.75) is 31.7 Å². The quantitative estimate of drug-likeness (QED) is 0.467. The number of aromatic amines is 1. The number of fused-ring (bicyclic) bond motifs is 5. The van der Waals surface area contributed by atoms with Gasteiger partial charge in [0, 0.05) is 41.6 Å². The van der Waals surface area contributed by atoms with Crippen molar-refractivity contribution in [3.8, 4) is 5.75 Å². The minimum Gasteiger partial charge on any atom is -0.494 e. The predicted octanol–water partition coefficient (Wildman–Crippen LogP) is 4.07. The van der Waals surface area contributed by atoms with E-state index in [1.807, 2.05) is 18.2 Å². The lowest BCUT2D eigenvalue weighted by Gasteiger charge is -2.26. The molecular weight excluding hydrogens is 421 g/mol. The molecule has 1 aliphatic carbocycles. The molecule has 2 aromatic carbocycles. The van der Waals surface area contributed by atoms with Crippen LogP contribution in [0.2, 0.25) is 0 Å². The minimum atomic E-state index is -0.379. The fourth-order valence-electron chi connectivity index (χ4n) is 4.85. The molecule has 1 amide bonds. The predicted molar refractivity (Wildman–Crippen MR) is 125 cm³/mol. The van der Waals surface area contributed by atoms with Gasteiger partial charge >= 0.3 is 0 Å². The lowest BCUT2D eigenvalue weighted by atomic mass is 9.88. The number of hydrogen-bond donors (Lipinski definition) is 2. The van der Waals surface area contributed by atoms with E-state index >= 15 is 0 Å². The maximum absolute atomic E-state index is 14.3. The number of carbonyl (C=O) groups excluding carboxylic acids is 1. The average Bonchev–Trinajstić information content (AvgIpc) is 3.20. The number of aryl methyl sites for hydroxylation is 1. The number of pyridine rings is 1. The molecule has 4 aromatic rings. The molecule has 0 radical (unpaired) electrons. The van der Waals surface area contributed by atoms with Gasteiger partial charge in [-0.2, -0.15) is 0 Å². The van der Waals surface area contributed by atoms with Crippen LogP contribution >= 0.6 is 0 Å². The van der Waals surface area contributed by atoms with Crippen LogP contribution in [0.15, 0.2) is 42.5 Å². The number of nitrogens with zero attached hydrogens (tertiary/aromatic N) is 1. The first kappa shape index (κ1) is 21.4. The van der Waals surface area contributed by atoms with E-state index in [-0.39, 0.29) is 30.1 Å². The Morgan fingerprint density at radius 3 is 2.88 bits per heavy atom. The first-order chi connectivity index (χ1) is 16.1. The molecule has 2 N–H and O–H groups in total. The van der Waals surface area contributed by atoms with E-state index in [4.69, 9.17) is 14.5 Å². The SMILES string of the molecule is COCC(=O)NC1CCc2nc(Cc3ccc(OC)c(F)c3)c3[nH]c4ccccc4c3c2C1. The zero-order valence-corrected chi connectivity index (χ0v) is 18.7. The number of halogens is 1. The first-order valence-corrected chi connectivity index (χ1v) is 11.1. The van der Waals surface area contributed by atoms with Gasteiger partial charge in [-0.25, -0.2) is 4.39 Å². The molecule has 2 aromatic heterocycles. The number of nitrogens with one attached hydrogen (secondary N) is 2. The van der Waals surface area contributed by atoms with Crippen molar-refractivity contribution in [2.24, 2.45) is 0 Å². The smallest absolute Gasteiger partial charge is 0.246 e. The van der Waals surface area contributed by atoms with Gasteiger partial charge in [-0.05, 0) is 48.6 Å². The highest BCUT2D eigenvalue weighted by atomic mass is 19.1. The number of carbonyl (C=O) groups is 1. The molecule has 1 atom stereocenters. The third-order valence-corrected chi connectivity index (χ3v) is 6.32. The van der Waals surface area contributed by atoms with Crippen LogP contribution < -0.4 is 10.1 Å². The summed E-state index contributed by atoms with van der Waals surface area (Å²) in [5.74, 6) is -0.253. The van der Waals surface area contributed by atoms with Gasteiger partial charge < -0.3 is 19.8 Å². The molecule has 0 saturated carbocycles. The zero-order valence-electron chi connectivity index (χ0n) is 18.7. The number of H-pyrrole nitrogens is 1. The van der Waals surface area contributed by atoms with Crippen molar-refractivity contribution in [3.05, 3.63) is 70.8 Å². The summed E-state index contributed by atoms with van der Waals surface area (Å²) in [6.07, 6.45) is 2.81. The number of amides is 1. The highest BCUT2D eigenvalue weighted by Gasteiger charge is 2.26. The Kier molecular flexibility index (Phi) is 5.72. The Morgan fingerprint density at radius 2 is 2.09 bits per heavy atom. The van der Waals surface area contributed by atoms with E-state index in [2.05, 4.69) is 22.4 Å². The molecule has 1 unspecified atom stereocenters. The normalized spacial score (nSPS) is 15.5. The highest BCUT2D eigenvalue weighted by Crippen LogP contribution is 2.36. The van der Waals surface area contributed by atoms with Crippen LogP contribution in [-0.4, -0.2) is 42.7 Å². The third kappa shape index (κ3) is 4.04. The van der Waals surface area contributed by atoms with Crippen LogP contribution in [-0.2, 0) is 28.8 Å². The van der Waals surface area contributed by atoms with Gasteiger partial charge in [-0.3, -0.25) is 9.78 Å². The Balaban J connectivity index is 1.59. The highest BCUT2D eigenvalue weighted by molar-refractivity contribution is 6.10. The summed E-state index contributed by atoms with van der Waals surface area (Å²) in [7, 11) is 2.98. The number of ether oxygens (including phenoxy) is 2. The summed E-state index contributed by atoms with van der Waals surface area (Å²) in [4.78, 5) is 20.7. The van der Waals surface area contributed by atoms with E-state index in [0.29, 0.717) is 12.8 Å². The minimum absolute atomic E-state index is 0.0420. The van der Waals surface area contributed by atoms with Crippen molar-refractivity contribution in [1.82, 2.24) is 15.3 Å². The topological polar surface area (TPSA) is 76.2 Å². The van der Waals surface area contributed by atoms with Gasteiger partial charge in [0.25, 0.3) is 0 Å².